The van der Waals surface area contributed by atoms with E-state index in [1.54, 1.807) is 0 Å². The highest BCUT2D eigenvalue weighted by molar-refractivity contribution is 5.20. The van der Waals surface area contributed by atoms with Crippen LogP contribution in [0.25, 0.3) is 0 Å². The lowest BCUT2D eigenvalue weighted by atomic mass is 9.77. The molecule has 0 amide bonds. The van der Waals surface area contributed by atoms with Gasteiger partial charge in [0.1, 0.15) is 0 Å². The predicted octanol–water partition coefficient (Wildman–Crippen LogP) is 5.13. The highest BCUT2D eigenvalue weighted by atomic mass is 14.3. The monoisotopic (exact) mass is 227 g/mol. The quantitative estimate of drug-likeness (QED) is 0.671. The van der Waals surface area contributed by atoms with E-state index in [1.165, 1.54) is 43.2 Å². The normalized spacial score (nSPS) is 25.9. The van der Waals surface area contributed by atoms with Gasteiger partial charge in [0, 0.05) is 0 Å². The molecule has 0 heterocycles. The molecule has 0 bridgehead atoms. The van der Waals surface area contributed by atoms with E-state index in [4.69, 9.17) is 0 Å². The number of allylic oxidation sites excluding steroid dienone is 2. The molecule has 17 heavy (non-hydrogen) atoms. The average Bonchev–Trinajstić information content (AvgIpc) is 2.40. The van der Waals surface area contributed by atoms with Gasteiger partial charge < -0.3 is 0 Å². The summed E-state index contributed by atoms with van der Waals surface area (Å²) in [5, 5.41) is 0. The van der Waals surface area contributed by atoms with Crippen molar-refractivity contribution in [2.45, 2.75) is 44.9 Å². The summed E-state index contributed by atoms with van der Waals surface area (Å²) in [6.45, 7) is 6.06. The van der Waals surface area contributed by atoms with Crippen molar-refractivity contribution in [3.63, 3.8) is 0 Å². The summed E-state index contributed by atoms with van der Waals surface area (Å²) in [6.07, 6.45) is 8.75. The predicted molar refractivity (Wildman–Crippen MR) is 74.9 cm³/mol. The molecule has 0 heteroatoms. The first-order chi connectivity index (χ1) is 8.29. The van der Waals surface area contributed by atoms with E-state index in [2.05, 4.69) is 44.2 Å². The van der Waals surface area contributed by atoms with Crippen molar-refractivity contribution < 1.29 is 0 Å². The molecule has 0 N–H and O–H groups in total. The molecule has 1 aliphatic rings. The second-order valence-electron chi connectivity index (χ2n) is 5.38. The first-order valence-corrected chi connectivity index (χ1v) is 6.79. The van der Waals surface area contributed by atoms with Crippen molar-refractivity contribution in [2.75, 3.05) is 0 Å². The van der Waals surface area contributed by atoms with Crippen molar-refractivity contribution in [1.29, 1.82) is 0 Å². The maximum absolute atomic E-state index is 3.85. The van der Waals surface area contributed by atoms with Gasteiger partial charge in [0.05, 0.1) is 0 Å². The first-order valence-electron chi connectivity index (χ1n) is 6.79. The summed E-state index contributed by atoms with van der Waals surface area (Å²) < 4.78 is 0. The highest BCUT2D eigenvalue weighted by Crippen LogP contribution is 2.37. The lowest BCUT2D eigenvalue weighted by molar-refractivity contribution is 0.324. The Kier molecular flexibility index (Phi) is 4.42. The lowest BCUT2D eigenvalue weighted by Gasteiger charge is -2.29. The van der Waals surface area contributed by atoms with Crippen LogP contribution in [0, 0.1) is 12.8 Å². The van der Waals surface area contributed by atoms with Crippen LogP contribution >= 0.6 is 0 Å². The molecule has 0 nitrogen and oxygen atoms in total. The zero-order chi connectivity index (χ0) is 12.1. The lowest BCUT2D eigenvalue weighted by Crippen LogP contribution is -2.13. The van der Waals surface area contributed by atoms with Gasteiger partial charge in [-0.25, -0.2) is 0 Å². The Morgan fingerprint density at radius 2 is 1.82 bits per heavy atom. The summed E-state index contributed by atoms with van der Waals surface area (Å²) in [6, 6.07) is 11.0. The molecule has 1 radical (unpaired) electrons. The van der Waals surface area contributed by atoms with Gasteiger partial charge in [-0.1, -0.05) is 42.0 Å². The second-order valence-corrected chi connectivity index (χ2v) is 5.38. The topological polar surface area (TPSA) is 0 Å². The highest BCUT2D eigenvalue weighted by Gasteiger charge is 2.21. The third-order valence-corrected chi connectivity index (χ3v) is 4.08. The fourth-order valence-corrected chi connectivity index (χ4v) is 2.96. The largest absolute Gasteiger partial charge is 0.0853 e. The molecule has 2 rings (SSSR count). The van der Waals surface area contributed by atoms with Gasteiger partial charge in [-0.2, -0.15) is 0 Å². The van der Waals surface area contributed by atoms with Crippen molar-refractivity contribution in [1.82, 2.24) is 0 Å². The van der Waals surface area contributed by atoms with Crippen LogP contribution in [0.5, 0.6) is 0 Å². The molecular formula is C17H23. The Labute approximate surface area is 106 Å². The van der Waals surface area contributed by atoms with Crippen molar-refractivity contribution in [3.05, 3.63) is 54.5 Å². The molecule has 0 aliphatic heterocycles. The maximum atomic E-state index is 3.85. The number of rotatable bonds is 3. The van der Waals surface area contributed by atoms with E-state index < -0.39 is 0 Å². The summed E-state index contributed by atoms with van der Waals surface area (Å²) in [5.41, 5.74) is 2.99. The van der Waals surface area contributed by atoms with E-state index in [-0.39, 0.29) is 0 Å². The van der Waals surface area contributed by atoms with Crippen LogP contribution in [0.15, 0.2) is 42.0 Å². The third kappa shape index (κ3) is 3.46. The van der Waals surface area contributed by atoms with Crippen molar-refractivity contribution in [3.8, 4) is 0 Å². The molecule has 91 valence electrons. The fraction of sp³-hybridized carbons (Fsp3) is 0.471. The average molecular weight is 227 g/mol. The van der Waals surface area contributed by atoms with Gasteiger partial charge in [0.2, 0.25) is 0 Å². The summed E-state index contributed by atoms with van der Waals surface area (Å²) >= 11 is 0. The van der Waals surface area contributed by atoms with Crippen LogP contribution in [0.3, 0.4) is 0 Å². The van der Waals surface area contributed by atoms with Gasteiger partial charge in [-0.05, 0) is 63.4 Å². The fourth-order valence-electron chi connectivity index (χ4n) is 2.96. The molecule has 0 aromatic heterocycles. The minimum absolute atomic E-state index is 0.802. The summed E-state index contributed by atoms with van der Waals surface area (Å²) in [4.78, 5) is 0. The summed E-state index contributed by atoms with van der Waals surface area (Å²) in [5.74, 6) is 1.70. The van der Waals surface area contributed by atoms with Gasteiger partial charge in [0.25, 0.3) is 0 Å². The number of hydrogen-bond donors (Lipinski definition) is 0. The van der Waals surface area contributed by atoms with E-state index in [1.807, 2.05) is 6.08 Å². The van der Waals surface area contributed by atoms with Crippen LogP contribution in [-0.2, 0) is 0 Å². The van der Waals surface area contributed by atoms with E-state index in [9.17, 15) is 0 Å². The summed E-state index contributed by atoms with van der Waals surface area (Å²) in [7, 11) is 0. The Bertz CT molecular complexity index is 353. The molecular weight excluding hydrogens is 204 g/mol. The Hall–Kier alpha value is -1.04. The zero-order valence-electron chi connectivity index (χ0n) is 10.9. The molecule has 1 aliphatic carbocycles. The molecule has 1 fully saturated rings. The van der Waals surface area contributed by atoms with E-state index in [0.29, 0.717) is 0 Å². The zero-order valence-corrected chi connectivity index (χ0v) is 10.9. The van der Waals surface area contributed by atoms with Crippen molar-refractivity contribution >= 4 is 0 Å². The molecule has 1 aromatic carbocycles. The van der Waals surface area contributed by atoms with Gasteiger partial charge in [-0.15, -0.1) is 0 Å². The smallest absolute Gasteiger partial charge is 0.0162 e. The minimum Gasteiger partial charge on any atom is -0.0853 e. The minimum atomic E-state index is 0.802. The van der Waals surface area contributed by atoms with E-state index >= 15 is 0 Å². The molecule has 0 atom stereocenters. The van der Waals surface area contributed by atoms with Crippen LogP contribution in [0.1, 0.15) is 50.5 Å². The SMILES string of the molecule is [CH2]C=C(C)CC1CCC(c2ccccc2)CC1. The Morgan fingerprint density at radius 3 is 2.41 bits per heavy atom. The molecule has 0 unspecified atom stereocenters. The van der Waals surface area contributed by atoms with Crippen molar-refractivity contribution in [2.24, 2.45) is 5.92 Å². The molecule has 0 spiro atoms. The Morgan fingerprint density at radius 1 is 1.18 bits per heavy atom. The van der Waals surface area contributed by atoms with Crippen LogP contribution < -0.4 is 0 Å². The van der Waals surface area contributed by atoms with E-state index in [0.717, 1.165) is 11.8 Å². The maximum Gasteiger partial charge on any atom is -0.0162 e. The van der Waals surface area contributed by atoms with Crippen LogP contribution in [0.2, 0.25) is 0 Å². The molecule has 0 saturated heterocycles. The van der Waals surface area contributed by atoms with Gasteiger partial charge in [0.15, 0.2) is 0 Å². The number of benzene rings is 1. The number of hydrogen-bond acceptors (Lipinski definition) is 0. The first kappa shape index (κ1) is 12.4. The van der Waals surface area contributed by atoms with Crippen LogP contribution in [-0.4, -0.2) is 0 Å². The molecule has 1 saturated carbocycles. The van der Waals surface area contributed by atoms with Gasteiger partial charge in [-0.3, -0.25) is 0 Å². The van der Waals surface area contributed by atoms with Crippen LogP contribution in [0.4, 0.5) is 0 Å². The standard InChI is InChI=1S/C17H23/c1-3-14(2)13-15-9-11-17(12-10-15)16-7-5-4-6-8-16/h3-8,15,17H,1,9-13H2,2H3. The molecule has 1 aromatic rings. The van der Waals surface area contributed by atoms with Gasteiger partial charge >= 0.3 is 0 Å². The third-order valence-electron chi connectivity index (χ3n) is 4.08. The Balaban J connectivity index is 1.86. The second kappa shape index (κ2) is 6.05.